The Morgan fingerprint density at radius 3 is 2.43 bits per heavy atom. The van der Waals surface area contributed by atoms with Crippen LogP contribution in [0.4, 0.5) is 10.1 Å². The molecule has 3 nitrogen and oxygen atoms in total. The number of hydrogen-bond donors (Lipinski definition) is 1. The van der Waals surface area contributed by atoms with E-state index in [9.17, 15) is 9.18 Å². The molecule has 0 spiro atoms. The van der Waals surface area contributed by atoms with Crippen molar-refractivity contribution in [3.05, 3.63) is 65.5 Å². The van der Waals surface area contributed by atoms with E-state index in [1.807, 2.05) is 43.1 Å². The van der Waals surface area contributed by atoms with Crippen LogP contribution >= 0.6 is 0 Å². The fraction of sp³-hybridized carbons (Fsp3) is 0.316. The van der Waals surface area contributed by atoms with Gasteiger partial charge >= 0.3 is 0 Å². The molecule has 0 aliphatic rings. The zero-order chi connectivity index (χ0) is 16.8. The Hall–Kier alpha value is -2.20. The maximum Gasteiger partial charge on any atom is 0.241 e. The molecule has 0 saturated heterocycles. The summed E-state index contributed by atoms with van der Waals surface area (Å²) in [5.74, 6) is -0.352. The first kappa shape index (κ1) is 17.2. The number of halogens is 1. The molecule has 4 heteroatoms. The summed E-state index contributed by atoms with van der Waals surface area (Å²) in [7, 11) is 1.82. The summed E-state index contributed by atoms with van der Waals surface area (Å²) in [6, 6.07) is 14.1. The van der Waals surface area contributed by atoms with Gasteiger partial charge in [-0.15, -0.1) is 0 Å². The van der Waals surface area contributed by atoms with E-state index in [0.29, 0.717) is 12.1 Å². The molecule has 0 heterocycles. The molecule has 2 rings (SSSR count). The highest BCUT2D eigenvalue weighted by Gasteiger charge is 2.19. The van der Waals surface area contributed by atoms with E-state index < -0.39 is 0 Å². The molecule has 0 aliphatic carbocycles. The van der Waals surface area contributed by atoms with Crippen LogP contribution in [0.3, 0.4) is 0 Å². The van der Waals surface area contributed by atoms with Gasteiger partial charge in [-0.3, -0.25) is 9.69 Å². The van der Waals surface area contributed by atoms with Gasteiger partial charge in [0.2, 0.25) is 5.91 Å². The highest BCUT2D eigenvalue weighted by Crippen LogP contribution is 2.13. The Kier molecular flexibility index (Phi) is 5.88. The van der Waals surface area contributed by atoms with Crippen LogP contribution in [0.25, 0.3) is 0 Å². The van der Waals surface area contributed by atoms with Gasteiger partial charge in [-0.2, -0.15) is 0 Å². The van der Waals surface area contributed by atoms with Crippen molar-refractivity contribution in [2.24, 2.45) is 0 Å². The van der Waals surface area contributed by atoms with Crippen molar-refractivity contribution in [1.82, 2.24) is 4.90 Å². The Bertz CT molecular complexity index is 655. The fourth-order valence-corrected chi connectivity index (χ4v) is 2.30. The van der Waals surface area contributed by atoms with Crippen LogP contribution in [0.5, 0.6) is 0 Å². The van der Waals surface area contributed by atoms with Crippen molar-refractivity contribution in [2.75, 3.05) is 12.4 Å². The molecule has 1 N–H and O–H groups in total. The summed E-state index contributed by atoms with van der Waals surface area (Å²) >= 11 is 0. The van der Waals surface area contributed by atoms with E-state index in [4.69, 9.17) is 0 Å². The van der Waals surface area contributed by atoms with Crippen molar-refractivity contribution in [3.63, 3.8) is 0 Å². The first-order valence-corrected chi connectivity index (χ1v) is 7.84. The summed E-state index contributed by atoms with van der Waals surface area (Å²) in [6.07, 6.45) is 0.968. The second-order valence-corrected chi connectivity index (χ2v) is 5.72. The quantitative estimate of drug-likeness (QED) is 0.878. The number of anilines is 1. The zero-order valence-electron chi connectivity index (χ0n) is 13.8. The average Bonchev–Trinajstić information content (AvgIpc) is 2.56. The predicted molar refractivity (Wildman–Crippen MR) is 91.8 cm³/mol. The van der Waals surface area contributed by atoms with Crippen LogP contribution in [-0.2, 0) is 17.8 Å². The molecule has 1 atom stereocenters. The number of hydrogen-bond acceptors (Lipinski definition) is 2. The Labute approximate surface area is 137 Å². The minimum Gasteiger partial charge on any atom is -0.325 e. The minimum absolute atomic E-state index is 0.104. The number of nitrogens with zero attached hydrogens (tertiary/aromatic N) is 1. The van der Waals surface area contributed by atoms with Crippen molar-refractivity contribution < 1.29 is 9.18 Å². The molecule has 0 bridgehead atoms. The van der Waals surface area contributed by atoms with Crippen LogP contribution in [0.15, 0.2) is 48.5 Å². The lowest BCUT2D eigenvalue weighted by atomic mass is 10.1. The SMILES string of the molecule is CCc1ccc(NC(=O)C(C)N(C)Cc2ccccc2F)cc1. The fourth-order valence-electron chi connectivity index (χ4n) is 2.30. The molecule has 2 aromatic rings. The summed E-state index contributed by atoms with van der Waals surface area (Å²) in [5, 5.41) is 2.90. The maximum absolute atomic E-state index is 13.7. The third-order valence-corrected chi connectivity index (χ3v) is 4.05. The van der Waals surface area contributed by atoms with Crippen LogP contribution in [0, 0.1) is 5.82 Å². The van der Waals surface area contributed by atoms with Gasteiger partial charge in [-0.25, -0.2) is 4.39 Å². The topological polar surface area (TPSA) is 32.3 Å². The number of rotatable bonds is 6. The van der Waals surface area contributed by atoms with Crippen LogP contribution in [-0.4, -0.2) is 23.9 Å². The highest BCUT2D eigenvalue weighted by molar-refractivity contribution is 5.94. The summed E-state index contributed by atoms with van der Waals surface area (Å²) < 4.78 is 13.7. The smallest absolute Gasteiger partial charge is 0.241 e. The first-order chi connectivity index (χ1) is 11.0. The van der Waals surface area contributed by atoms with Crippen molar-refractivity contribution in [1.29, 1.82) is 0 Å². The Morgan fingerprint density at radius 1 is 1.17 bits per heavy atom. The van der Waals surface area contributed by atoms with Gasteiger partial charge in [0.15, 0.2) is 0 Å². The third-order valence-electron chi connectivity index (χ3n) is 4.05. The number of carbonyl (C=O) groups excluding carboxylic acids is 1. The van der Waals surface area contributed by atoms with E-state index in [-0.39, 0.29) is 17.8 Å². The second kappa shape index (κ2) is 7.88. The van der Waals surface area contributed by atoms with Gasteiger partial charge in [0.25, 0.3) is 0 Å². The van der Waals surface area contributed by atoms with Crippen LogP contribution < -0.4 is 5.32 Å². The average molecular weight is 314 g/mol. The largest absolute Gasteiger partial charge is 0.325 e. The summed E-state index contributed by atoms with van der Waals surface area (Å²) in [5.41, 5.74) is 2.59. The van der Waals surface area contributed by atoms with Gasteiger partial charge in [-0.05, 0) is 44.2 Å². The maximum atomic E-state index is 13.7. The molecule has 1 amide bonds. The normalized spacial score (nSPS) is 12.2. The third kappa shape index (κ3) is 4.63. The Balaban J connectivity index is 1.96. The number of benzene rings is 2. The molecule has 122 valence electrons. The molecular weight excluding hydrogens is 291 g/mol. The van der Waals surface area contributed by atoms with Crippen molar-refractivity contribution in [3.8, 4) is 0 Å². The van der Waals surface area contributed by atoms with Gasteiger partial charge < -0.3 is 5.32 Å². The molecule has 23 heavy (non-hydrogen) atoms. The number of amides is 1. The predicted octanol–water partition coefficient (Wildman–Crippen LogP) is 3.85. The number of carbonyl (C=O) groups is 1. The lowest BCUT2D eigenvalue weighted by Crippen LogP contribution is -2.39. The monoisotopic (exact) mass is 314 g/mol. The number of aryl methyl sites for hydroxylation is 1. The molecule has 0 fully saturated rings. The van der Waals surface area contributed by atoms with Gasteiger partial charge in [0, 0.05) is 17.8 Å². The van der Waals surface area contributed by atoms with E-state index in [1.165, 1.54) is 11.6 Å². The zero-order valence-corrected chi connectivity index (χ0v) is 13.8. The highest BCUT2D eigenvalue weighted by atomic mass is 19.1. The minimum atomic E-state index is -0.361. The van der Waals surface area contributed by atoms with E-state index in [2.05, 4.69) is 12.2 Å². The second-order valence-electron chi connectivity index (χ2n) is 5.72. The molecule has 1 unspecified atom stereocenters. The van der Waals surface area contributed by atoms with Gasteiger partial charge in [0.1, 0.15) is 5.82 Å². The standard InChI is InChI=1S/C19H23FN2O/c1-4-15-9-11-17(12-10-15)21-19(23)14(2)22(3)13-16-7-5-6-8-18(16)20/h5-12,14H,4,13H2,1-3H3,(H,21,23). The molecule has 0 aliphatic heterocycles. The molecule has 0 saturated carbocycles. The van der Waals surface area contributed by atoms with E-state index in [1.54, 1.807) is 18.2 Å². The summed E-state index contributed by atoms with van der Waals surface area (Å²) in [6.45, 7) is 4.29. The van der Waals surface area contributed by atoms with E-state index >= 15 is 0 Å². The van der Waals surface area contributed by atoms with Crippen LogP contribution in [0.2, 0.25) is 0 Å². The molecule has 0 radical (unpaired) electrons. The Morgan fingerprint density at radius 2 is 1.83 bits per heavy atom. The number of nitrogens with one attached hydrogen (secondary N) is 1. The number of likely N-dealkylation sites (N-methyl/N-ethyl adjacent to an activating group) is 1. The lowest BCUT2D eigenvalue weighted by molar-refractivity contribution is -0.120. The lowest BCUT2D eigenvalue weighted by Gasteiger charge is -2.24. The molecule has 2 aromatic carbocycles. The first-order valence-electron chi connectivity index (χ1n) is 7.84. The van der Waals surface area contributed by atoms with Gasteiger partial charge in [0.05, 0.1) is 6.04 Å². The molecule has 0 aromatic heterocycles. The van der Waals surface area contributed by atoms with Crippen LogP contribution in [0.1, 0.15) is 25.0 Å². The van der Waals surface area contributed by atoms with E-state index in [0.717, 1.165) is 12.1 Å². The van der Waals surface area contributed by atoms with Crippen molar-refractivity contribution >= 4 is 11.6 Å². The van der Waals surface area contributed by atoms with Crippen molar-refractivity contribution in [2.45, 2.75) is 32.9 Å². The van der Waals surface area contributed by atoms with Gasteiger partial charge in [-0.1, -0.05) is 37.3 Å². The molecular formula is C19H23FN2O. The summed E-state index contributed by atoms with van der Waals surface area (Å²) in [4.78, 5) is 14.2.